The number of benzene rings is 1. The highest BCUT2D eigenvalue weighted by Gasteiger charge is 2.29. The van der Waals surface area contributed by atoms with Crippen LogP contribution in [-0.4, -0.2) is 19.0 Å². The van der Waals surface area contributed by atoms with Crippen LogP contribution in [0.2, 0.25) is 0 Å². The smallest absolute Gasteiger partial charge is 0.326 e. The Labute approximate surface area is 122 Å². The molecule has 21 heavy (non-hydrogen) atoms. The Balaban J connectivity index is 2.28. The van der Waals surface area contributed by atoms with Crippen LogP contribution in [0.1, 0.15) is 38.2 Å². The molecule has 0 fully saturated rings. The van der Waals surface area contributed by atoms with Crippen molar-refractivity contribution in [2.24, 2.45) is 0 Å². The molecule has 1 aromatic rings. The highest BCUT2D eigenvalue weighted by molar-refractivity contribution is 5.90. The third-order valence-electron chi connectivity index (χ3n) is 2.98. The molecule has 0 aromatic heterocycles. The van der Waals surface area contributed by atoms with Crippen molar-refractivity contribution in [3.8, 4) is 0 Å². The van der Waals surface area contributed by atoms with Gasteiger partial charge in [0.1, 0.15) is 0 Å². The molecule has 3 nitrogen and oxygen atoms in total. The van der Waals surface area contributed by atoms with Crippen LogP contribution in [0.5, 0.6) is 0 Å². The van der Waals surface area contributed by atoms with Gasteiger partial charge < -0.3 is 10.6 Å². The van der Waals surface area contributed by atoms with E-state index >= 15 is 0 Å². The van der Waals surface area contributed by atoms with Gasteiger partial charge in [-0.15, -0.1) is 0 Å². The third-order valence-corrected chi connectivity index (χ3v) is 2.98. The van der Waals surface area contributed by atoms with E-state index in [4.69, 9.17) is 0 Å². The quantitative estimate of drug-likeness (QED) is 0.717. The summed E-state index contributed by atoms with van der Waals surface area (Å²) in [5, 5.41) is 5.73. The number of carbonyl (C=O) groups excluding carboxylic acids is 1. The molecule has 0 aliphatic heterocycles. The van der Waals surface area contributed by atoms with Crippen LogP contribution in [0, 0.1) is 0 Å². The van der Waals surface area contributed by atoms with E-state index in [1.807, 2.05) is 0 Å². The summed E-state index contributed by atoms with van der Waals surface area (Å²) in [7, 11) is 0. The Bertz CT molecular complexity index is 430. The van der Waals surface area contributed by atoms with Gasteiger partial charge in [-0.3, -0.25) is 4.79 Å². The molecule has 0 aliphatic rings. The molecule has 0 bridgehead atoms. The van der Waals surface area contributed by atoms with Gasteiger partial charge in [0.05, 0.1) is 5.56 Å². The first-order valence-electron chi connectivity index (χ1n) is 7.11. The maximum Gasteiger partial charge on any atom is 0.416 e. The fourth-order valence-corrected chi connectivity index (χ4v) is 1.79. The number of amides is 1. The van der Waals surface area contributed by atoms with Crippen molar-refractivity contribution in [1.82, 2.24) is 5.32 Å². The Morgan fingerprint density at radius 3 is 2.33 bits per heavy atom. The van der Waals surface area contributed by atoms with Crippen molar-refractivity contribution in [3.63, 3.8) is 0 Å². The minimum absolute atomic E-state index is 0.210. The van der Waals surface area contributed by atoms with Gasteiger partial charge in [-0.05, 0) is 37.2 Å². The molecule has 0 saturated carbocycles. The second-order valence-corrected chi connectivity index (χ2v) is 4.83. The molecule has 2 N–H and O–H groups in total. The number of carbonyl (C=O) groups is 1. The van der Waals surface area contributed by atoms with Crippen molar-refractivity contribution >= 4 is 11.6 Å². The lowest BCUT2D eigenvalue weighted by Crippen LogP contribution is -2.22. The lowest BCUT2D eigenvalue weighted by atomic mass is 10.2. The standard InChI is InChI=1S/C15H21F3N2O/c1-2-3-4-10-19-11-9-14(21)20-13-7-5-12(6-8-13)15(16,17)18/h5-8,19H,2-4,9-11H2,1H3,(H,20,21). The predicted octanol–water partition coefficient (Wildman–Crippen LogP) is 3.81. The summed E-state index contributed by atoms with van der Waals surface area (Å²) in [5.41, 5.74) is -0.350. The normalized spacial score (nSPS) is 11.4. The van der Waals surface area contributed by atoms with Crippen molar-refractivity contribution in [2.45, 2.75) is 38.8 Å². The lowest BCUT2D eigenvalue weighted by Gasteiger charge is -2.09. The molecule has 0 heterocycles. The molecule has 118 valence electrons. The fraction of sp³-hybridized carbons (Fsp3) is 0.533. The zero-order valence-corrected chi connectivity index (χ0v) is 12.1. The van der Waals surface area contributed by atoms with Crippen LogP contribution >= 0.6 is 0 Å². The number of hydrogen-bond donors (Lipinski definition) is 2. The van der Waals surface area contributed by atoms with E-state index in [1.165, 1.54) is 12.1 Å². The van der Waals surface area contributed by atoms with E-state index in [0.717, 1.165) is 37.9 Å². The molecule has 0 spiro atoms. The summed E-state index contributed by atoms with van der Waals surface area (Å²) in [6.45, 7) is 3.56. The Morgan fingerprint density at radius 2 is 1.76 bits per heavy atom. The molecule has 0 saturated heterocycles. The summed E-state index contributed by atoms with van der Waals surface area (Å²) >= 11 is 0. The third kappa shape index (κ3) is 7.13. The molecule has 0 unspecified atom stereocenters. The minimum Gasteiger partial charge on any atom is -0.326 e. The van der Waals surface area contributed by atoms with E-state index < -0.39 is 11.7 Å². The van der Waals surface area contributed by atoms with Gasteiger partial charge >= 0.3 is 6.18 Å². The fourth-order valence-electron chi connectivity index (χ4n) is 1.79. The van der Waals surface area contributed by atoms with E-state index in [-0.39, 0.29) is 5.91 Å². The number of rotatable bonds is 8. The molecule has 1 rings (SSSR count). The minimum atomic E-state index is -4.36. The largest absolute Gasteiger partial charge is 0.416 e. The highest BCUT2D eigenvalue weighted by atomic mass is 19.4. The molecule has 1 amide bonds. The van der Waals surface area contributed by atoms with E-state index in [9.17, 15) is 18.0 Å². The van der Waals surface area contributed by atoms with Crippen LogP contribution < -0.4 is 10.6 Å². The Morgan fingerprint density at radius 1 is 1.10 bits per heavy atom. The Hall–Kier alpha value is -1.56. The molecule has 6 heteroatoms. The monoisotopic (exact) mass is 302 g/mol. The number of halogens is 3. The van der Waals surface area contributed by atoms with Crippen LogP contribution in [0.25, 0.3) is 0 Å². The van der Waals surface area contributed by atoms with Gasteiger partial charge in [0, 0.05) is 18.7 Å². The summed E-state index contributed by atoms with van der Waals surface area (Å²) < 4.78 is 37.1. The van der Waals surface area contributed by atoms with Crippen LogP contribution in [-0.2, 0) is 11.0 Å². The second-order valence-electron chi connectivity index (χ2n) is 4.83. The maximum absolute atomic E-state index is 12.4. The average Bonchev–Trinajstić information content (AvgIpc) is 2.42. The molecular formula is C15H21F3N2O. The van der Waals surface area contributed by atoms with E-state index in [2.05, 4.69) is 17.6 Å². The van der Waals surface area contributed by atoms with Crippen LogP contribution in [0.3, 0.4) is 0 Å². The molecule has 0 radical (unpaired) electrons. The first kappa shape index (κ1) is 17.5. The van der Waals surface area contributed by atoms with Crippen molar-refractivity contribution < 1.29 is 18.0 Å². The first-order chi connectivity index (χ1) is 9.93. The predicted molar refractivity (Wildman–Crippen MR) is 77.1 cm³/mol. The summed E-state index contributed by atoms with van der Waals surface area (Å²) in [4.78, 5) is 11.6. The zero-order valence-electron chi connectivity index (χ0n) is 12.1. The molecular weight excluding hydrogens is 281 g/mol. The van der Waals surface area contributed by atoms with E-state index in [0.29, 0.717) is 18.7 Å². The number of alkyl halides is 3. The van der Waals surface area contributed by atoms with Crippen LogP contribution in [0.15, 0.2) is 24.3 Å². The van der Waals surface area contributed by atoms with Gasteiger partial charge in [-0.25, -0.2) is 0 Å². The average molecular weight is 302 g/mol. The van der Waals surface area contributed by atoms with E-state index in [1.54, 1.807) is 0 Å². The Kier molecular flexibility index (Phi) is 7.22. The highest BCUT2D eigenvalue weighted by Crippen LogP contribution is 2.29. The topological polar surface area (TPSA) is 41.1 Å². The van der Waals surface area contributed by atoms with Gasteiger partial charge in [-0.1, -0.05) is 19.8 Å². The molecule has 1 aromatic carbocycles. The maximum atomic E-state index is 12.4. The summed E-state index contributed by atoms with van der Waals surface area (Å²) in [6.07, 6.45) is -0.671. The summed E-state index contributed by atoms with van der Waals surface area (Å²) in [5.74, 6) is -0.210. The lowest BCUT2D eigenvalue weighted by molar-refractivity contribution is -0.137. The first-order valence-corrected chi connectivity index (χ1v) is 7.11. The SMILES string of the molecule is CCCCCNCCC(=O)Nc1ccc(C(F)(F)F)cc1. The second kappa shape index (κ2) is 8.67. The van der Waals surface area contributed by atoms with Gasteiger partial charge in [0.25, 0.3) is 0 Å². The molecule has 0 aliphatic carbocycles. The van der Waals surface area contributed by atoms with Crippen molar-refractivity contribution in [1.29, 1.82) is 0 Å². The van der Waals surface area contributed by atoms with Gasteiger partial charge in [0.15, 0.2) is 0 Å². The van der Waals surface area contributed by atoms with Crippen molar-refractivity contribution in [2.75, 3.05) is 18.4 Å². The van der Waals surface area contributed by atoms with Gasteiger partial charge in [-0.2, -0.15) is 13.2 Å². The van der Waals surface area contributed by atoms with Crippen LogP contribution in [0.4, 0.5) is 18.9 Å². The number of hydrogen-bond acceptors (Lipinski definition) is 2. The summed E-state index contributed by atoms with van der Waals surface area (Å²) in [6, 6.07) is 4.43. The number of anilines is 1. The number of unbranched alkanes of at least 4 members (excludes halogenated alkanes) is 2. The number of nitrogens with one attached hydrogen (secondary N) is 2. The van der Waals surface area contributed by atoms with Gasteiger partial charge in [0.2, 0.25) is 5.91 Å². The van der Waals surface area contributed by atoms with Crippen molar-refractivity contribution in [3.05, 3.63) is 29.8 Å². The molecule has 0 atom stereocenters. The zero-order chi connectivity index (χ0) is 15.7.